The van der Waals surface area contributed by atoms with Gasteiger partial charge in [0.2, 0.25) is 10.0 Å². The number of nitrogens with one attached hydrogen (secondary N) is 1. The SMILES string of the molecule is COc1ccc(Br)cc1C(=O)N/N=C\c1cc(C)n(-c2ccc(S(N)(=O)=O)cc2)c1C. The topological polar surface area (TPSA) is 116 Å². The van der Waals surface area contributed by atoms with Crippen LogP contribution in [0, 0.1) is 13.8 Å². The Balaban J connectivity index is 1.82. The van der Waals surface area contributed by atoms with Crippen LogP contribution >= 0.6 is 15.9 Å². The second-order valence-electron chi connectivity index (χ2n) is 6.74. The second-order valence-corrected chi connectivity index (χ2v) is 9.22. The summed E-state index contributed by atoms with van der Waals surface area (Å²) in [4.78, 5) is 12.5. The molecule has 10 heteroatoms. The summed E-state index contributed by atoms with van der Waals surface area (Å²) in [6.07, 6.45) is 1.56. The number of ether oxygens (including phenoxy) is 1. The molecule has 2 aromatic carbocycles. The van der Waals surface area contributed by atoms with E-state index in [2.05, 4.69) is 26.5 Å². The third kappa shape index (κ3) is 5.04. The van der Waals surface area contributed by atoms with Gasteiger partial charge in [-0.15, -0.1) is 0 Å². The van der Waals surface area contributed by atoms with E-state index in [0.717, 1.165) is 27.1 Å². The maximum Gasteiger partial charge on any atom is 0.275 e. The van der Waals surface area contributed by atoms with Gasteiger partial charge >= 0.3 is 0 Å². The molecule has 3 aromatic rings. The van der Waals surface area contributed by atoms with Gasteiger partial charge in [0, 0.05) is 27.1 Å². The fourth-order valence-corrected chi connectivity index (χ4v) is 4.06. The second kappa shape index (κ2) is 9.04. The van der Waals surface area contributed by atoms with Crippen LogP contribution in [0.4, 0.5) is 0 Å². The van der Waals surface area contributed by atoms with Crippen molar-refractivity contribution in [2.45, 2.75) is 18.7 Å². The van der Waals surface area contributed by atoms with Crippen molar-refractivity contribution in [2.24, 2.45) is 10.2 Å². The number of rotatable bonds is 6. The lowest BCUT2D eigenvalue weighted by Gasteiger charge is -2.10. The molecule has 8 nitrogen and oxygen atoms in total. The largest absolute Gasteiger partial charge is 0.496 e. The summed E-state index contributed by atoms with van der Waals surface area (Å²) >= 11 is 3.34. The summed E-state index contributed by atoms with van der Waals surface area (Å²) in [5.74, 6) is 0.0406. The minimum absolute atomic E-state index is 0.0474. The quantitative estimate of drug-likeness (QED) is 0.395. The molecule has 0 bridgehead atoms. The molecule has 0 spiro atoms. The fourth-order valence-electron chi connectivity index (χ4n) is 3.18. The molecule has 162 valence electrons. The molecular weight excluding hydrogens is 484 g/mol. The monoisotopic (exact) mass is 504 g/mol. The van der Waals surface area contributed by atoms with Crippen LogP contribution < -0.4 is 15.3 Å². The van der Waals surface area contributed by atoms with Gasteiger partial charge in [0.05, 0.1) is 23.8 Å². The van der Waals surface area contributed by atoms with Crippen molar-refractivity contribution in [3.63, 3.8) is 0 Å². The number of nitrogens with two attached hydrogens (primary N) is 1. The maximum atomic E-state index is 12.5. The van der Waals surface area contributed by atoms with Gasteiger partial charge in [-0.25, -0.2) is 19.0 Å². The van der Waals surface area contributed by atoms with Gasteiger partial charge in [-0.3, -0.25) is 4.79 Å². The smallest absolute Gasteiger partial charge is 0.275 e. The highest BCUT2D eigenvalue weighted by atomic mass is 79.9. The molecule has 0 aliphatic rings. The zero-order valence-corrected chi connectivity index (χ0v) is 19.5. The van der Waals surface area contributed by atoms with E-state index in [9.17, 15) is 13.2 Å². The summed E-state index contributed by atoms with van der Waals surface area (Å²) in [5, 5.41) is 9.23. The summed E-state index contributed by atoms with van der Waals surface area (Å²) in [6, 6.07) is 13.3. The maximum absolute atomic E-state index is 12.5. The van der Waals surface area contributed by atoms with Crippen LogP contribution in [0.15, 0.2) is 63.0 Å². The number of hydrogen-bond acceptors (Lipinski definition) is 5. The standard InChI is InChI=1S/C21H21BrN4O4S/c1-13-10-15(12-24-25-21(27)19-11-16(22)4-9-20(19)30-3)14(2)26(13)17-5-7-18(8-6-17)31(23,28)29/h4-12H,1-3H3,(H,25,27)(H2,23,28,29)/b24-12-. The van der Waals surface area contributed by atoms with Gasteiger partial charge < -0.3 is 9.30 Å². The average molecular weight is 505 g/mol. The number of methoxy groups -OCH3 is 1. The molecule has 0 aliphatic carbocycles. The van der Waals surface area contributed by atoms with Crippen molar-refractivity contribution in [3.05, 3.63) is 75.5 Å². The molecule has 0 saturated heterocycles. The van der Waals surface area contributed by atoms with Crippen LogP contribution in [0.1, 0.15) is 27.3 Å². The third-order valence-electron chi connectivity index (χ3n) is 4.67. The highest BCUT2D eigenvalue weighted by Gasteiger charge is 2.14. The number of primary sulfonamides is 1. The van der Waals surface area contributed by atoms with E-state index in [0.29, 0.717) is 11.3 Å². The molecule has 0 radical (unpaired) electrons. The first-order chi connectivity index (χ1) is 14.6. The van der Waals surface area contributed by atoms with Gasteiger partial charge in [0.1, 0.15) is 5.75 Å². The Labute approximate surface area is 188 Å². The molecule has 0 unspecified atom stereocenters. The zero-order valence-electron chi connectivity index (χ0n) is 17.1. The number of aromatic nitrogens is 1. The number of benzene rings is 2. The van der Waals surface area contributed by atoms with Gasteiger partial charge in [-0.05, 0) is 62.4 Å². The molecule has 0 saturated carbocycles. The molecule has 1 heterocycles. The molecule has 0 aliphatic heterocycles. The van der Waals surface area contributed by atoms with E-state index in [1.807, 2.05) is 24.5 Å². The lowest BCUT2D eigenvalue weighted by Crippen LogP contribution is -2.18. The molecule has 3 rings (SSSR count). The first kappa shape index (κ1) is 22.7. The Hall–Kier alpha value is -2.95. The first-order valence-electron chi connectivity index (χ1n) is 9.11. The third-order valence-corrected chi connectivity index (χ3v) is 6.09. The van der Waals surface area contributed by atoms with Crippen LogP contribution in [0.2, 0.25) is 0 Å². The van der Waals surface area contributed by atoms with E-state index in [-0.39, 0.29) is 4.90 Å². The number of carbonyl (C=O) groups is 1. The van der Waals surface area contributed by atoms with E-state index in [1.54, 1.807) is 36.5 Å². The number of carbonyl (C=O) groups excluding carboxylic acids is 1. The predicted octanol–water partition coefficient (Wildman–Crippen LogP) is 3.28. The highest BCUT2D eigenvalue weighted by Crippen LogP contribution is 2.23. The van der Waals surface area contributed by atoms with E-state index >= 15 is 0 Å². The van der Waals surface area contributed by atoms with Crippen LogP contribution in [0.3, 0.4) is 0 Å². The summed E-state index contributed by atoms with van der Waals surface area (Å²) < 4.78 is 30.8. The average Bonchev–Trinajstić information content (AvgIpc) is 3.00. The van der Waals surface area contributed by atoms with Crippen molar-refractivity contribution >= 4 is 38.1 Å². The lowest BCUT2D eigenvalue weighted by molar-refractivity contribution is 0.0952. The Bertz CT molecular complexity index is 1270. The summed E-state index contributed by atoms with van der Waals surface area (Å²) in [7, 11) is -2.26. The van der Waals surface area contributed by atoms with Crippen LogP contribution in [0.5, 0.6) is 5.75 Å². The Morgan fingerprint density at radius 3 is 2.45 bits per heavy atom. The minimum atomic E-state index is -3.75. The number of sulfonamides is 1. The van der Waals surface area contributed by atoms with E-state index < -0.39 is 15.9 Å². The van der Waals surface area contributed by atoms with Crippen molar-refractivity contribution < 1.29 is 17.9 Å². The molecule has 1 aromatic heterocycles. The number of hydrogen-bond donors (Lipinski definition) is 2. The molecule has 0 fully saturated rings. The number of nitrogens with zero attached hydrogens (tertiary/aromatic N) is 2. The molecule has 0 atom stereocenters. The van der Waals surface area contributed by atoms with Crippen molar-refractivity contribution in [3.8, 4) is 11.4 Å². The van der Waals surface area contributed by atoms with Crippen LogP contribution in [-0.4, -0.2) is 32.2 Å². The normalized spacial score (nSPS) is 11.6. The summed E-state index contributed by atoms with van der Waals surface area (Å²) in [6.45, 7) is 3.82. The Morgan fingerprint density at radius 1 is 1.16 bits per heavy atom. The number of halogens is 1. The molecular formula is C21H21BrN4O4S. The van der Waals surface area contributed by atoms with Gasteiger partial charge in [0.25, 0.3) is 5.91 Å². The first-order valence-corrected chi connectivity index (χ1v) is 11.4. The predicted molar refractivity (Wildman–Crippen MR) is 122 cm³/mol. The lowest BCUT2D eigenvalue weighted by atomic mass is 10.2. The fraction of sp³-hybridized carbons (Fsp3) is 0.143. The molecule has 3 N–H and O–H groups in total. The van der Waals surface area contributed by atoms with Crippen molar-refractivity contribution in [1.29, 1.82) is 0 Å². The van der Waals surface area contributed by atoms with E-state index in [4.69, 9.17) is 9.88 Å². The number of amides is 1. The Kier molecular flexibility index (Phi) is 6.63. The van der Waals surface area contributed by atoms with Gasteiger partial charge in [0.15, 0.2) is 0 Å². The Morgan fingerprint density at radius 2 is 1.84 bits per heavy atom. The van der Waals surface area contributed by atoms with Crippen LogP contribution in [0.25, 0.3) is 5.69 Å². The van der Waals surface area contributed by atoms with Gasteiger partial charge in [-0.1, -0.05) is 15.9 Å². The van der Waals surface area contributed by atoms with Crippen LogP contribution in [-0.2, 0) is 10.0 Å². The minimum Gasteiger partial charge on any atom is -0.496 e. The summed E-state index contributed by atoms with van der Waals surface area (Å²) in [5.41, 5.74) is 6.24. The molecule has 1 amide bonds. The van der Waals surface area contributed by atoms with Gasteiger partial charge in [-0.2, -0.15) is 5.10 Å². The zero-order chi connectivity index (χ0) is 22.8. The number of aryl methyl sites for hydroxylation is 1. The molecule has 31 heavy (non-hydrogen) atoms. The number of hydrazone groups is 1. The van der Waals surface area contributed by atoms with E-state index in [1.165, 1.54) is 19.2 Å². The van der Waals surface area contributed by atoms with Crippen molar-refractivity contribution in [1.82, 2.24) is 9.99 Å². The van der Waals surface area contributed by atoms with Crippen molar-refractivity contribution in [2.75, 3.05) is 7.11 Å². The highest BCUT2D eigenvalue weighted by molar-refractivity contribution is 9.10.